The number of barbiturate groups is 1. The van der Waals surface area contributed by atoms with Crippen LogP contribution in [-0.2, 0) is 20.9 Å². The standard InChI is InChI=1S/C29H26N2O7/c1-4-37-25-16-20(9-14-24(25)38-17-19-7-5-18(2)6-8-19)15-23-26(32)30-29(35)31(27(23)33)22-12-10-21(11-13-22)28(34)36-3/h5-16H,4,17H2,1-3H3,(H,30,32,35)/b23-15+. The molecule has 9 heteroatoms. The van der Waals surface area contributed by atoms with Gasteiger partial charge in [0.15, 0.2) is 11.5 Å². The Morgan fingerprint density at radius 3 is 2.29 bits per heavy atom. The number of esters is 1. The molecule has 4 rings (SSSR count). The fraction of sp³-hybridized carbons (Fsp3) is 0.172. The van der Waals surface area contributed by atoms with Crippen LogP contribution in [0.2, 0.25) is 0 Å². The van der Waals surface area contributed by atoms with Gasteiger partial charge < -0.3 is 14.2 Å². The van der Waals surface area contributed by atoms with Crippen LogP contribution in [0.3, 0.4) is 0 Å². The minimum Gasteiger partial charge on any atom is -0.490 e. The van der Waals surface area contributed by atoms with Gasteiger partial charge in [0.25, 0.3) is 11.8 Å². The van der Waals surface area contributed by atoms with Gasteiger partial charge in [0, 0.05) is 0 Å². The molecule has 0 bridgehead atoms. The fourth-order valence-corrected chi connectivity index (χ4v) is 3.77. The van der Waals surface area contributed by atoms with E-state index in [9.17, 15) is 19.2 Å². The zero-order valence-electron chi connectivity index (χ0n) is 21.1. The molecule has 0 saturated carbocycles. The lowest BCUT2D eigenvalue weighted by atomic mass is 10.1. The molecular formula is C29H26N2O7. The quantitative estimate of drug-likeness (QED) is 0.269. The lowest BCUT2D eigenvalue weighted by Crippen LogP contribution is -2.54. The third kappa shape index (κ3) is 5.73. The number of nitrogens with zero attached hydrogens (tertiary/aromatic N) is 1. The van der Waals surface area contributed by atoms with E-state index in [2.05, 4.69) is 10.1 Å². The van der Waals surface area contributed by atoms with E-state index in [0.717, 1.165) is 16.0 Å². The molecule has 3 aromatic rings. The summed E-state index contributed by atoms with van der Waals surface area (Å²) in [6, 6.07) is 17.8. The molecule has 1 aliphatic rings. The molecule has 1 fully saturated rings. The minimum absolute atomic E-state index is 0.188. The SMILES string of the molecule is CCOc1cc(/C=C2\C(=O)NC(=O)N(c3ccc(C(=O)OC)cc3)C2=O)ccc1OCc1ccc(C)cc1. The lowest BCUT2D eigenvalue weighted by molar-refractivity contribution is -0.122. The van der Waals surface area contributed by atoms with Crippen LogP contribution >= 0.6 is 0 Å². The summed E-state index contributed by atoms with van der Waals surface area (Å²) in [5, 5.41) is 2.18. The molecule has 1 saturated heterocycles. The van der Waals surface area contributed by atoms with Gasteiger partial charge in [-0.2, -0.15) is 0 Å². The monoisotopic (exact) mass is 514 g/mol. The van der Waals surface area contributed by atoms with E-state index in [0.29, 0.717) is 30.3 Å². The molecule has 0 radical (unpaired) electrons. The average Bonchev–Trinajstić information content (AvgIpc) is 2.91. The molecule has 1 aliphatic heterocycles. The van der Waals surface area contributed by atoms with Crippen LogP contribution in [0.4, 0.5) is 10.5 Å². The van der Waals surface area contributed by atoms with Gasteiger partial charge in [-0.25, -0.2) is 14.5 Å². The molecular weight excluding hydrogens is 488 g/mol. The number of carbonyl (C=O) groups is 4. The Labute approximate surface area is 219 Å². The Morgan fingerprint density at radius 2 is 1.63 bits per heavy atom. The number of ether oxygens (including phenoxy) is 3. The van der Waals surface area contributed by atoms with E-state index in [4.69, 9.17) is 9.47 Å². The number of imide groups is 2. The normalized spacial score (nSPS) is 14.3. The second-order valence-electron chi connectivity index (χ2n) is 8.41. The number of rotatable bonds is 8. The highest BCUT2D eigenvalue weighted by atomic mass is 16.5. The Hall–Kier alpha value is -4.92. The zero-order valence-corrected chi connectivity index (χ0v) is 21.1. The zero-order chi connectivity index (χ0) is 27.2. The van der Waals surface area contributed by atoms with Crippen LogP contribution in [-0.4, -0.2) is 37.5 Å². The number of amides is 4. The topological polar surface area (TPSA) is 111 Å². The van der Waals surface area contributed by atoms with Crippen molar-refractivity contribution in [2.45, 2.75) is 20.5 Å². The number of carbonyl (C=O) groups excluding carboxylic acids is 4. The molecule has 0 unspecified atom stereocenters. The molecule has 0 atom stereocenters. The molecule has 4 amide bonds. The van der Waals surface area contributed by atoms with Crippen LogP contribution < -0.4 is 19.7 Å². The van der Waals surface area contributed by atoms with Crippen molar-refractivity contribution in [2.75, 3.05) is 18.6 Å². The van der Waals surface area contributed by atoms with Crippen LogP contribution in [0.15, 0.2) is 72.3 Å². The van der Waals surface area contributed by atoms with Crippen molar-refractivity contribution in [1.82, 2.24) is 5.32 Å². The molecule has 1 N–H and O–H groups in total. The number of benzene rings is 3. The van der Waals surface area contributed by atoms with E-state index >= 15 is 0 Å². The third-order valence-electron chi connectivity index (χ3n) is 5.74. The van der Waals surface area contributed by atoms with Crippen molar-refractivity contribution in [1.29, 1.82) is 0 Å². The van der Waals surface area contributed by atoms with E-state index in [1.54, 1.807) is 18.2 Å². The smallest absolute Gasteiger partial charge is 0.337 e. The van der Waals surface area contributed by atoms with Crippen molar-refractivity contribution in [3.05, 3.63) is 94.6 Å². The largest absolute Gasteiger partial charge is 0.490 e. The van der Waals surface area contributed by atoms with Crippen LogP contribution in [0.5, 0.6) is 11.5 Å². The van der Waals surface area contributed by atoms with E-state index in [1.807, 2.05) is 38.1 Å². The van der Waals surface area contributed by atoms with Crippen molar-refractivity contribution >= 4 is 35.6 Å². The lowest BCUT2D eigenvalue weighted by Gasteiger charge is -2.26. The van der Waals surface area contributed by atoms with Crippen molar-refractivity contribution < 1.29 is 33.4 Å². The summed E-state index contributed by atoms with van der Waals surface area (Å²) in [6.45, 7) is 4.57. The molecule has 1 heterocycles. The Balaban J connectivity index is 1.59. The molecule has 194 valence electrons. The first kappa shape index (κ1) is 26.2. The maximum Gasteiger partial charge on any atom is 0.337 e. The molecule has 0 spiro atoms. The summed E-state index contributed by atoms with van der Waals surface area (Å²) in [7, 11) is 1.25. The molecule has 9 nitrogen and oxygen atoms in total. The number of aryl methyl sites for hydroxylation is 1. The van der Waals surface area contributed by atoms with Crippen molar-refractivity contribution in [3.63, 3.8) is 0 Å². The van der Waals surface area contributed by atoms with Crippen molar-refractivity contribution in [2.24, 2.45) is 0 Å². The van der Waals surface area contributed by atoms with Crippen molar-refractivity contribution in [3.8, 4) is 11.5 Å². The molecule has 38 heavy (non-hydrogen) atoms. The van der Waals surface area contributed by atoms with Gasteiger partial charge in [0.2, 0.25) is 0 Å². The highest BCUT2D eigenvalue weighted by Crippen LogP contribution is 2.31. The summed E-state index contributed by atoms with van der Waals surface area (Å²) >= 11 is 0. The fourth-order valence-electron chi connectivity index (χ4n) is 3.77. The average molecular weight is 515 g/mol. The number of hydrogen-bond acceptors (Lipinski definition) is 7. The number of anilines is 1. The van der Waals surface area contributed by atoms with Gasteiger partial charge in [0.05, 0.1) is 25.0 Å². The second kappa shape index (κ2) is 11.4. The molecule has 0 aromatic heterocycles. The first-order valence-electron chi connectivity index (χ1n) is 11.9. The van der Waals surface area contributed by atoms with Gasteiger partial charge in [-0.3, -0.25) is 14.9 Å². The first-order chi connectivity index (χ1) is 18.3. The summed E-state index contributed by atoms with van der Waals surface area (Å²) in [4.78, 5) is 50.8. The van der Waals surface area contributed by atoms with E-state index in [-0.39, 0.29) is 16.8 Å². The third-order valence-corrected chi connectivity index (χ3v) is 5.74. The summed E-state index contributed by atoms with van der Waals surface area (Å²) < 4.78 is 16.3. The number of urea groups is 1. The number of methoxy groups -OCH3 is 1. The maximum atomic E-state index is 13.2. The Kier molecular flexibility index (Phi) is 7.86. The van der Waals surface area contributed by atoms with E-state index in [1.165, 1.54) is 37.5 Å². The Bertz CT molecular complexity index is 1410. The van der Waals surface area contributed by atoms with Gasteiger partial charge in [-0.05, 0) is 67.4 Å². The minimum atomic E-state index is -0.891. The molecule has 0 aliphatic carbocycles. The maximum absolute atomic E-state index is 13.2. The predicted octanol–water partition coefficient (Wildman–Crippen LogP) is 4.43. The summed E-state index contributed by atoms with van der Waals surface area (Å²) in [6.07, 6.45) is 1.38. The van der Waals surface area contributed by atoms with Gasteiger partial charge in [-0.15, -0.1) is 0 Å². The molecule has 3 aromatic carbocycles. The number of hydrogen-bond donors (Lipinski definition) is 1. The van der Waals surface area contributed by atoms with Gasteiger partial charge in [-0.1, -0.05) is 35.9 Å². The Morgan fingerprint density at radius 1 is 0.921 bits per heavy atom. The van der Waals surface area contributed by atoms with E-state index < -0.39 is 23.8 Å². The first-order valence-corrected chi connectivity index (χ1v) is 11.9. The summed E-state index contributed by atoms with van der Waals surface area (Å²) in [5.74, 6) is -1.22. The summed E-state index contributed by atoms with van der Waals surface area (Å²) in [5.41, 5.74) is 2.86. The highest BCUT2D eigenvalue weighted by Gasteiger charge is 2.36. The number of nitrogens with one attached hydrogen (secondary N) is 1. The van der Waals surface area contributed by atoms with Crippen LogP contribution in [0.1, 0.15) is 34.0 Å². The van der Waals surface area contributed by atoms with Gasteiger partial charge >= 0.3 is 12.0 Å². The van der Waals surface area contributed by atoms with Crippen LogP contribution in [0, 0.1) is 6.92 Å². The second-order valence-corrected chi connectivity index (χ2v) is 8.41. The van der Waals surface area contributed by atoms with Crippen LogP contribution in [0.25, 0.3) is 6.08 Å². The highest BCUT2D eigenvalue weighted by molar-refractivity contribution is 6.39. The predicted molar refractivity (Wildman–Crippen MR) is 140 cm³/mol. The van der Waals surface area contributed by atoms with Gasteiger partial charge in [0.1, 0.15) is 12.2 Å².